The molecule has 2 aromatic rings. The van der Waals surface area contributed by atoms with E-state index >= 15 is 0 Å². The number of azo groups is 1. The predicted molar refractivity (Wildman–Crippen MR) is 84.0 cm³/mol. The van der Waals surface area contributed by atoms with Gasteiger partial charge in [0.2, 0.25) is 0 Å². The number of nitriles is 1. The molecule has 2 aromatic carbocycles. The van der Waals surface area contributed by atoms with E-state index < -0.39 is 4.92 Å². The van der Waals surface area contributed by atoms with Crippen LogP contribution in [-0.4, -0.2) is 23.2 Å². The molecule has 0 aliphatic rings. The van der Waals surface area contributed by atoms with Crippen molar-refractivity contribution in [1.82, 2.24) is 0 Å². The zero-order valence-electron chi connectivity index (χ0n) is 12.0. The molecule has 0 saturated heterocycles. The molecular weight excluding hydrogens is 298 g/mol. The van der Waals surface area contributed by atoms with Gasteiger partial charge >= 0.3 is 0 Å². The Labute approximate surface area is 131 Å². The molecule has 0 heterocycles. The van der Waals surface area contributed by atoms with Gasteiger partial charge in [-0.2, -0.15) is 10.4 Å². The number of rotatable bonds is 6. The SMILES string of the molecule is N#Cc1ccc(N=Nc2ccc(NCCO)cc2)c([N+](=O)[O-])c1. The molecule has 0 aliphatic carbocycles. The maximum absolute atomic E-state index is 11.0. The van der Waals surface area contributed by atoms with Gasteiger partial charge in [-0.3, -0.25) is 10.1 Å². The average Bonchev–Trinajstić information content (AvgIpc) is 2.58. The first-order chi connectivity index (χ1) is 11.1. The van der Waals surface area contributed by atoms with Gasteiger partial charge in [0.1, 0.15) is 0 Å². The van der Waals surface area contributed by atoms with Crippen LogP contribution in [-0.2, 0) is 0 Å². The Bertz CT molecular complexity index is 766. The minimum absolute atomic E-state index is 0.0316. The molecule has 0 saturated carbocycles. The van der Waals surface area contributed by atoms with Crippen molar-refractivity contribution in [3.05, 3.63) is 58.1 Å². The van der Waals surface area contributed by atoms with Gasteiger partial charge in [-0.05, 0) is 36.4 Å². The number of nitro groups is 1. The predicted octanol–water partition coefficient (Wildman–Crippen LogP) is 3.29. The molecular formula is C15H13N5O3. The number of anilines is 1. The van der Waals surface area contributed by atoms with E-state index in [0.717, 1.165) is 11.8 Å². The molecule has 0 radical (unpaired) electrons. The van der Waals surface area contributed by atoms with Crippen LogP contribution in [0, 0.1) is 21.4 Å². The number of hydrogen-bond acceptors (Lipinski definition) is 7. The van der Waals surface area contributed by atoms with E-state index in [1.54, 1.807) is 24.3 Å². The molecule has 8 heteroatoms. The van der Waals surface area contributed by atoms with Gasteiger partial charge < -0.3 is 10.4 Å². The van der Waals surface area contributed by atoms with Crippen molar-refractivity contribution in [1.29, 1.82) is 5.26 Å². The molecule has 116 valence electrons. The van der Waals surface area contributed by atoms with E-state index in [-0.39, 0.29) is 23.5 Å². The molecule has 0 fully saturated rings. The summed E-state index contributed by atoms with van der Waals surface area (Å²) in [6, 6.07) is 12.8. The zero-order chi connectivity index (χ0) is 16.7. The molecule has 23 heavy (non-hydrogen) atoms. The van der Waals surface area contributed by atoms with Crippen LogP contribution in [0.15, 0.2) is 52.7 Å². The normalized spacial score (nSPS) is 10.4. The third-order valence-electron chi connectivity index (χ3n) is 2.88. The molecule has 0 unspecified atom stereocenters. The van der Waals surface area contributed by atoms with Crippen LogP contribution >= 0.6 is 0 Å². The molecule has 0 aromatic heterocycles. The van der Waals surface area contributed by atoms with Gasteiger partial charge in [-0.25, -0.2) is 0 Å². The van der Waals surface area contributed by atoms with Gasteiger partial charge in [-0.1, -0.05) is 0 Å². The van der Waals surface area contributed by atoms with E-state index in [1.807, 2.05) is 6.07 Å². The summed E-state index contributed by atoms with van der Waals surface area (Å²) in [5.74, 6) is 0. The molecule has 0 atom stereocenters. The summed E-state index contributed by atoms with van der Waals surface area (Å²) in [6.45, 7) is 0.474. The summed E-state index contributed by atoms with van der Waals surface area (Å²) in [5.41, 5.74) is 1.35. The number of benzene rings is 2. The lowest BCUT2D eigenvalue weighted by molar-refractivity contribution is -0.384. The second-order valence-electron chi connectivity index (χ2n) is 4.47. The highest BCUT2D eigenvalue weighted by atomic mass is 16.6. The lowest BCUT2D eigenvalue weighted by Crippen LogP contribution is -2.04. The number of nitrogens with one attached hydrogen (secondary N) is 1. The Hall–Kier alpha value is -3.31. The van der Waals surface area contributed by atoms with Gasteiger partial charge in [0.05, 0.1) is 28.9 Å². The molecule has 0 amide bonds. The Kier molecular flexibility index (Phi) is 5.33. The average molecular weight is 311 g/mol. The largest absolute Gasteiger partial charge is 0.395 e. The van der Waals surface area contributed by atoms with Crippen molar-refractivity contribution in [2.24, 2.45) is 10.2 Å². The Morgan fingerprint density at radius 3 is 2.57 bits per heavy atom. The third kappa shape index (κ3) is 4.33. The second kappa shape index (κ2) is 7.63. The van der Waals surface area contributed by atoms with E-state index in [1.165, 1.54) is 12.1 Å². The molecule has 2 N–H and O–H groups in total. The van der Waals surface area contributed by atoms with Crippen molar-refractivity contribution >= 4 is 22.7 Å². The maximum atomic E-state index is 11.0. The van der Waals surface area contributed by atoms with Crippen LogP contribution in [0.3, 0.4) is 0 Å². The van der Waals surface area contributed by atoms with Gasteiger partial charge in [0, 0.05) is 18.3 Å². The highest BCUT2D eigenvalue weighted by molar-refractivity contribution is 5.60. The summed E-state index contributed by atoms with van der Waals surface area (Å²) in [6.07, 6.45) is 0. The van der Waals surface area contributed by atoms with Crippen LogP contribution in [0.1, 0.15) is 5.56 Å². The summed E-state index contributed by atoms with van der Waals surface area (Å²) in [7, 11) is 0. The standard InChI is InChI=1S/C15H13N5O3/c16-10-11-1-6-14(15(9-11)20(22)23)19-18-13-4-2-12(3-5-13)17-7-8-21/h1-6,9,17,21H,7-8H2. The van der Waals surface area contributed by atoms with E-state index in [4.69, 9.17) is 10.4 Å². The monoisotopic (exact) mass is 311 g/mol. The van der Waals surface area contributed by atoms with Gasteiger partial charge in [-0.15, -0.1) is 5.11 Å². The summed E-state index contributed by atoms with van der Waals surface area (Å²) < 4.78 is 0. The lowest BCUT2D eigenvalue weighted by atomic mass is 10.2. The van der Waals surface area contributed by atoms with Crippen molar-refractivity contribution in [2.75, 3.05) is 18.5 Å². The number of nitro benzene ring substituents is 1. The first kappa shape index (κ1) is 16.1. The van der Waals surface area contributed by atoms with Crippen molar-refractivity contribution in [3.63, 3.8) is 0 Å². The first-order valence-electron chi connectivity index (χ1n) is 6.69. The van der Waals surface area contributed by atoms with Gasteiger partial charge in [0.25, 0.3) is 5.69 Å². The van der Waals surface area contributed by atoms with E-state index in [9.17, 15) is 10.1 Å². The third-order valence-corrected chi connectivity index (χ3v) is 2.88. The quantitative estimate of drug-likeness (QED) is 0.481. The van der Waals surface area contributed by atoms with Crippen LogP contribution < -0.4 is 5.32 Å². The molecule has 8 nitrogen and oxygen atoms in total. The minimum atomic E-state index is -0.600. The molecule has 0 aliphatic heterocycles. The Balaban J connectivity index is 2.20. The van der Waals surface area contributed by atoms with Crippen LogP contribution in [0.2, 0.25) is 0 Å². The Morgan fingerprint density at radius 1 is 1.22 bits per heavy atom. The smallest absolute Gasteiger partial charge is 0.298 e. The van der Waals surface area contributed by atoms with Crippen molar-refractivity contribution in [3.8, 4) is 6.07 Å². The van der Waals surface area contributed by atoms with Crippen molar-refractivity contribution in [2.45, 2.75) is 0 Å². The topological polar surface area (TPSA) is 124 Å². The summed E-state index contributed by atoms with van der Waals surface area (Å²) in [4.78, 5) is 10.4. The Morgan fingerprint density at radius 2 is 1.96 bits per heavy atom. The summed E-state index contributed by atoms with van der Waals surface area (Å²) in [5, 5.41) is 39.3. The van der Waals surface area contributed by atoms with Crippen LogP contribution in [0.4, 0.5) is 22.7 Å². The fourth-order valence-electron chi connectivity index (χ4n) is 1.78. The first-order valence-corrected chi connectivity index (χ1v) is 6.69. The number of aliphatic hydroxyl groups excluding tert-OH is 1. The molecule has 2 rings (SSSR count). The fourth-order valence-corrected chi connectivity index (χ4v) is 1.78. The highest BCUT2D eigenvalue weighted by Gasteiger charge is 2.14. The lowest BCUT2D eigenvalue weighted by Gasteiger charge is -2.03. The van der Waals surface area contributed by atoms with E-state index in [0.29, 0.717) is 12.2 Å². The van der Waals surface area contributed by atoms with Crippen molar-refractivity contribution < 1.29 is 10.0 Å². The van der Waals surface area contributed by atoms with E-state index in [2.05, 4.69) is 15.5 Å². The highest BCUT2D eigenvalue weighted by Crippen LogP contribution is 2.30. The molecule has 0 bridgehead atoms. The zero-order valence-corrected chi connectivity index (χ0v) is 12.0. The maximum Gasteiger partial charge on any atom is 0.298 e. The number of nitrogens with zero attached hydrogens (tertiary/aromatic N) is 4. The number of aliphatic hydroxyl groups is 1. The van der Waals surface area contributed by atoms with Gasteiger partial charge in [0.15, 0.2) is 5.69 Å². The minimum Gasteiger partial charge on any atom is -0.395 e. The van der Waals surface area contributed by atoms with Crippen LogP contribution in [0.5, 0.6) is 0 Å². The van der Waals surface area contributed by atoms with Crippen LogP contribution in [0.25, 0.3) is 0 Å². The molecule has 0 spiro atoms. The summed E-state index contributed by atoms with van der Waals surface area (Å²) >= 11 is 0. The second-order valence-corrected chi connectivity index (χ2v) is 4.47. The fraction of sp³-hybridized carbons (Fsp3) is 0.133. The number of hydrogen-bond donors (Lipinski definition) is 2.